The van der Waals surface area contributed by atoms with Crippen LogP contribution in [0.3, 0.4) is 0 Å². The smallest absolute Gasteiger partial charge is 0.165 e. The van der Waals surface area contributed by atoms with Gasteiger partial charge in [-0.15, -0.1) is 5.10 Å². The van der Waals surface area contributed by atoms with Gasteiger partial charge < -0.3 is 9.80 Å². The lowest BCUT2D eigenvalue weighted by atomic mass is 10.1. The Kier molecular flexibility index (Phi) is 3.35. The summed E-state index contributed by atoms with van der Waals surface area (Å²) < 4.78 is 1.98. The molecule has 2 aromatic carbocycles. The van der Waals surface area contributed by atoms with E-state index in [-0.39, 0.29) is 0 Å². The number of hydrogen-bond donors (Lipinski definition) is 0. The van der Waals surface area contributed by atoms with Gasteiger partial charge in [0.1, 0.15) is 0 Å². The molecular formula is C18H19N5. The van der Waals surface area contributed by atoms with E-state index in [9.17, 15) is 0 Å². The fourth-order valence-electron chi connectivity index (χ4n) is 2.97. The highest BCUT2D eigenvalue weighted by atomic mass is 15.4. The highest BCUT2D eigenvalue weighted by molar-refractivity contribution is 5.73. The van der Waals surface area contributed by atoms with Crippen LogP contribution >= 0.6 is 0 Å². The van der Waals surface area contributed by atoms with E-state index in [1.54, 1.807) is 0 Å². The van der Waals surface area contributed by atoms with Crippen LogP contribution in [0.5, 0.6) is 0 Å². The van der Waals surface area contributed by atoms with Crippen LogP contribution < -0.4 is 4.90 Å². The van der Waals surface area contributed by atoms with Crippen LogP contribution in [0, 0.1) is 0 Å². The predicted molar refractivity (Wildman–Crippen MR) is 91.0 cm³/mol. The maximum atomic E-state index is 4.73. The molecule has 0 amide bonds. The fraction of sp³-hybridized carbons (Fsp3) is 0.222. The molecule has 5 heteroatoms. The van der Waals surface area contributed by atoms with Crippen molar-refractivity contribution in [1.82, 2.24) is 19.7 Å². The summed E-state index contributed by atoms with van der Waals surface area (Å²) >= 11 is 0. The molecule has 0 aliphatic carbocycles. The third kappa shape index (κ3) is 2.49. The lowest BCUT2D eigenvalue weighted by molar-refractivity contribution is 0.390. The summed E-state index contributed by atoms with van der Waals surface area (Å²) in [6, 6.07) is 18.8. The molecule has 1 aliphatic rings. The van der Waals surface area contributed by atoms with Crippen molar-refractivity contribution < 1.29 is 0 Å². The van der Waals surface area contributed by atoms with Crippen molar-refractivity contribution >= 4 is 11.4 Å². The fourth-order valence-corrected chi connectivity index (χ4v) is 2.97. The van der Waals surface area contributed by atoms with Gasteiger partial charge in [-0.05, 0) is 38.4 Å². The molecule has 0 atom stereocenters. The van der Waals surface area contributed by atoms with Gasteiger partial charge in [0.2, 0.25) is 0 Å². The zero-order valence-corrected chi connectivity index (χ0v) is 13.3. The average molecular weight is 305 g/mol. The quantitative estimate of drug-likeness (QED) is 0.745. The van der Waals surface area contributed by atoms with Crippen LogP contribution in [0.15, 0.2) is 54.6 Å². The summed E-state index contributed by atoms with van der Waals surface area (Å²) in [5.41, 5.74) is 3.41. The first-order valence-corrected chi connectivity index (χ1v) is 7.74. The van der Waals surface area contributed by atoms with Crippen LogP contribution in [-0.2, 0) is 13.1 Å². The number of benzene rings is 2. The van der Waals surface area contributed by atoms with Gasteiger partial charge in [0.15, 0.2) is 11.6 Å². The average Bonchev–Trinajstić information content (AvgIpc) is 2.96. The summed E-state index contributed by atoms with van der Waals surface area (Å²) in [7, 11) is 4.06. The maximum Gasteiger partial charge on any atom is 0.165 e. The molecular weight excluding hydrogens is 286 g/mol. The second kappa shape index (κ2) is 5.52. The molecule has 2 heterocycles. The molecule has 1 aliphatic heterocycles. The highest BCUT2D eigenvalue weighted by Crippen LogP contribution is 2.36. The van der Waals surface area contributed by atoms with Gasteiger partial charge in [0, 0.05) is 5.69 Å². The van der Waals surface area contributed by atoms with Crippen LogP contribution in [0.2, 0.25) is 0 Å². The van der Waals surface area contributed by atoms with E-state index in [2.05, 4.69) is 52.3 Å². The van der Waals surface area contributed by atoms with E-state index in [0.29, 0.717) is 0 Å². The molecule has 0 fully saturated rings. The number of aromatic nitrogens is 3. The summed E-state index contributed by atoms with van der Waals surface area (Å²) in [5, 5.41) is 4.70. The monoisotopic (exact) mass is 305 g/mol. The largest absolute Gasteiger partial charge is 0.332 e. The third-order valence-electron chi connectivity index (χ3n) is 3.94. The Morgan fingerprint density at radius 1 is 0.957 bits per heavy atom. The Morgan fingerprint density at radius 3 is 2.39 bits per heavy atom. The Morgan fingerprint density at radius 2 is 1.65 bits per heavy atom. The van der Waals surface area contributed by atoms with E-state index in [0.717, 1.165) is 36.1 Å². The summed E-state index contributed by atoms with van der Waals surface area (Å²) in [6.07, 6.45) is 0. The SMILES string of the molecule is CN(C)Cc1nc2n(n1)-c1ccccc1N(c1ccccc1)C2. The highest BCUT2D eigenvalue weighted by Gasteiger charge is 2.25. The molecule has 23 heavy (non-hydrogen) atoms. The van der Waals surface area contributed by atoms with Crippen LogP contribution in [0.1, 0.15) is 11.6 Å². The van der Waals surface area contributed by atoms with Crippen molar-refractivity contribution in [2.45, 2.75) is 13.1 Å². The molecule has 0 unspecified atom stereocenters. The Hall–Kier alpha value is -2.66. The maximum absolute atomic E-state index is 4.73. The Balaban J connectivity index is 1.82. The van der Waals surface area contributed by atoms with E-state index in [1.807, 2.05) is 30.9 Å². The first kappa shape index (κ1) is 14.0. The molecule has 4 rings (SSSR count). The van der Waals surface area contributed by atoms with Gasteiger partial charge in [0.05, 0.1) is 24.5 Å². The van der Waals surface area contributed by atoms with E-state index in [4.69, 9.17) is 10.1 Å². The number of anilines is 2. The van der Waals surface area contributed by atoms with Crippen molar-refractivity contribution in [2.24, 2.45) is 0 Å². The van der Waals surface area contributed by atoms with Gasteiger partial charge in [-0.1, -0.05) is 30.3 Å². The van der Waals surface area contributed by atoms with Crippen molar-refractivity contribution in [3.05, 3.63) is 66.2 Å². The lowest BCUT2D eigenvalue weighted by Crippen LogP contribution is -2.25. The van der Waals surface area contributed by atoms with Gasteiger partial charge in [-0.3, -0.25) is 0 Å². The molecule has 0 bridgehead atoms. The first-order valence-electron chi connectivity index (χ1n) is 7.74. The Bertz CT molecular complexity index is 822. The molecule has 0 N–H and O–H groups in total. The van der Waals surface area contributed by atoms with Crippen molar-refractivity contribution in [3.8, 4) is 5.69 Å². The third-order valence-corrected chi connectivity index (χ3v) is 3.94. The molecule has 5 nitrogen and oxygen atoms in total. The summed E-state index contributed by atoms with van der Waals surface area (Å²) in [4.78, 5) is 9.11. The van der Waals surface area contributed by atoms with Crippen LogP contribution in [0.4, 0.5) is 11.4 Å². The molecule has 1 aromatic heterocycles. The molecule has 116 valence electrons. The van der Waals surface area contributed by atoms with Gasteiger partial charge >= 0.3 is 0 Å². The standard InChI is InChI=1S/C18H19N5/c1-21(2)12-17-19-18-13-22(14-8-4-3-5-9-14)15-10-6-7-11-16(15)23(18)20-17/h3-11H,12-13H2,1-2H3. The minimum Gasteiger partial charge on any atom is -0.332 e. The normalized spacial score (nSPS) is 13.1. The van der Waals surface area contributed by atoms with E-state index < -0.39 is 0 Å². The molecule has 0 radical (unpaired) electrons. The molecule has 0 spiro atoms. The van der Waals surface area contributed by atoms with Crippen molar-refractivity contribution in [1.29, 1.82) is 0 Å². The van der Waals surface area contributed by atoms with E-state index >= 15 is 0 Å². The van der Waals surface area contributed by atoms with Gasteiger partial charge in [-0.25, -0.2) is 9.67 Å². The zero-order chi connectivity index (χ0) is 15.8. The van der Waals surface area contributed by atoms with Gasteiger partial charge in [-0.2, -0.15) is 0 Å². The van der Waals surface area contributed by atoms with E-state index in [1.165, 1.54) is 5.69 Å². The molecule has 0 saturated carbocycles. The lowest BCUT2D eigenvalue weighted by Gasteiger charge is -2.30. The second-order valence-electron chi connectivity index (χ2n) is 6.00. The number of rotatable bonds is 3. The summed E-state index contributed by atoms with van der Waals surface area (Å²) in [6.45, 7) is 1.47. The minimum atomic E-state index is 0.724. The van der Waals surface area contributed by atoms with Gasteiger partial charge in [0.25, 0.3) is 0 Å². The number of para-hydroxylation sites is 3. The first-order chi connectivity index (χ1) is 11.2. The second-order valence-corrected chi connectivity index (χ2v) is 6.00. The topological polar surface area (TPSA) is 37.2 Å². The number of hydrogen-bond acceptors (Lipinski definition) is 4. The summed E-state index contributed by atoms with van der Waals surface area (Å²) in [5.74, 6) is 1.83. The zero-order valence-electron chi connectivity index (χ0n) is 13.3. The minimum absolute atomic E-state index is 0.724. The van der Waals surface area contributed by atoms with Crippen molar-refractivity contribution in [2.75, 3.05) is 19.0 Å². The van der Waals surface area contributed by atoms with Crippen LogP contribution in [-0.4, -0.2) is 33.8 Å². The molecule has 0 saturated heterocycles. The number of fused-ring (bicyclic) bond motifs is 3. The number of nitrogens with zero attached hydrogens (tertiary/aromatic N) is 5. The van der Waals surface area contributed by atoms with Crippen LogP contribution in [0.25, 0.3) is 5.69 Å². The predicted octanol–water partition coefficient (Wildman–Crippen LogP) is 2.98. The van der Waals surface area contributed by atoms with Crippen molar-refractivity contribution in [3.63, 3.8) is 0 Å². The Labute approximate surface area is 135 Å². The molecule has 3 aromatic rings.